The highest BCUT2D eigenvalue weighted by atomic mass is 32.2. The van der Waals surface area contributed by atoms with Gasteiger partial charge in [0.05, 0.1) is 24.8 Å². The smallest absolute Gasteiger partial charge is 0.323 e. The molecule has 1 atom stereocenters. The van der Waals surface area contributed by atoms with Crippen LogP contribution < -0.4 is 10.5 Å². The van der Waals surface area contributed by atoms with Crippen molar-refractivity contribution >= 4 is 17.7 Å². The molecule has 1 rings (SSSR count). The highest BCUT2D eigenvalue weighted by molar-refractivity contribution is 7.99. The van der Waals surface area contributed by atoms with E-state index in [1.807, 2.05) is 6.07 Å². The lowest BCUT2D eigenvalue weighted by atomic mass is 10.2. The Labute approximate surface area is 123 Å². The summed E-state index contributed by atoms with van der Waals surface area (Å²) in [6.07, 6.45) is 0. The van der Waals surface area contributed by atoms with Gasteiger partial charge in [-0.2, -0.15) is 17.0 Å². The van der Waals surface area contributed by atoms with Gasteiger partial charge in [-0.1, -0.05) is 0 Å². The summed E-state index contributed by atoms with van der Waals surface area (Å²) in [7, 11) is 0. The fourth-order valence-electron chi connectivity index (χ4n) is 1.37. The fourth-order valence-corrected chi connectivity index (χ4v) is 2.13. The van der Waals surface area contributed by atoms with Crippen molar-refractivity contribution in [3.8, 4) is 11.8 Å². The number of nitrogens with zero attached hydrogens (tertiary/aromatic N) is 1. The first kappa shape index (κ1) is 16.3. The SMILES string of the molecule is CCOC(=O)C(N)CSCCOc1ccc(C#N)cc1. The Morgan fingerprint density at radius 1 is 1.45 bits per heavy atom. The van der Waals surface area contributed by atoms with Gasteiger partial charge in [-0.15, -0.1) is 0 Å². The molecule has 0 aliphatic rings. The molecule has 0 radical (unpaired) electrons. The standard InChI is InChI=1S/C14H18N2O3S/c1-2-18-14(17)13(16)10-20-8-7-19-12-5-3-11(9-15)4-6-12/h3-6,13H,2,7-8,10,16H2,1H3. The zero-order valence-electron chi connectivity index (χ0n) is 11.4. The summed E-state index contributed by atoms with van der Waals surface area (Å²) in [5.41, 5.74) is 6.27. The van der Waals surface area contributed by atoms with Crippen LogP contribution in [0.3, 0.4) is 0 Å². The molecule has 0 aliphatic heterocycles. The number of benzene rings is 1. The third-order valence-corrected chi connectivity index (χ3v) is 3.42. The van der Waals surface area contributed by atoms with E-state index in [2.05, 4.69) is 0 Å². The second kappa shape index (κ2) is 9.23. The molecule has 1 aromatic carbocycles. The number of nitriles is 1. The van der Waals surface area contributed by atoms with Crippen molar-refractivity contribution in [2.75, 3.05) is 24.7 Å². The minimum absolute atomic E-state index is 0.346. The zero-order valence-corrected chi connectivity index (χ0v) is 12.2. The zero-order chi connectivity index (χ0) is 14.8. The molecule has 0 bridgehead atoms. The first-order valence-electron chi connectivity index (χ1n) is 6.30. The van der Waals surface area contributed by atoms with Crippen molar-refractivity contribution in [3.05, 3.63) is 29.8 Å². The van der Waals surface area contributed by atoms with Crippen molar-refractivity contribution in [3.63, 3.8) is 0 Å². The van der Waals surface area contributed by atoms with Gasteiger partial charge in [-0.05, 0) is 31.2 Å². The maximum Gasteiger partial charge on any atom is 0.323 e. The van der Waals surface area contributed by atoms with Crippen LogP contribution in [0.2, 0.25) is 0 Å². The van der Waals surface area contributed by atoms with Crippen molar-refractivity contribution < 1.29 is 14.3 Å². The van der Waals surface area contributed by atoms with Crippen molar-refractivity contribution in [1.29, 1.82) is 5.26 Å². The highest BCUT2D eigenvalue weighted by Gasteiger charge is 2.13. The fraction of sp³-hybridized carbons (Fsp3) is 0.429. The van der Waals surface area contributed by atoms with Crippen molar-refractivity contribution in [1.82, 2.24) is 0 Å². The van der Waals surface area contributed by atoms with Gasteiger partial charge < -0.3 is 15.2 Å². The molecule has 5 nitrogen and oxygen atoms in total. The maximum atomic E-state index is 11.3. The van der Waals surface area contributed by atoms with Gasteiger partial charge >= 0.3 is 5.97 Å². The highest BCUT2D eigenvalue weighted by Crippen LogP contribution is 2.12. The van der Waals surface area contributed by atoms with Crippen LogP contribution in [-0.2, 0) is 9.53 Å². The Balaban J connectivity index is 2.15. The average molecular weight is 294 g/mol. The van der Waals surface area contributed by atoms with Gasteiger partial charge in [-0.25, -0.2) is 0 Å². The Kier molecular flexibility index (Phi) is 7.55. The predicted octanol–water partition coefficient (Wildman–Crippen LogP) is 1.56. The molecule has 0 fully saturated rings. The van der Waals surface area contributed by atoms with E-state index in [9.17, 15) is 4.79 Å². The number of carbonyl (C=O) groups excluding carboxylic acids is 1. The first-order valence-corrected chi connectivity index (χ1v) is 7.45. The molecule has 0 aliphatic carbocycles. The summed E-state index contributed by atoms with van der Waals surface area (Å²) in [4.78, 5) is 11.3. The molecule has 6 heteroatoms. The van der Waals surface area contributed by atoms with E-state index in [0.717, 1.165) is 11.5 Å². The van der Waals surface area contributed by atoms with E-state index in [-0.39, 0.29) is 5.97 Å². The minimum atomic E-state index is -0.588. The van der Waals surface area contributed by atoms with Gasteiger partial charge in [-0.3, -0.25) is 4.79 Å². The van der Waals surface area contributed by atoms with Crippen LogP contribution in [0.4, 0.5) is 0 Å². The molecule has 0 saturated heterocycles. The van der Waals surface area contributed by atoms with Crippen LogP contribution in [0.15, 0.2) is 24.3 Å². The molecule has 0 spiro atoms. The lowest BCUT2D eigenvalue weighted by Gasteiger charge is -2.10. The summed E-state index contributed by atoms with van der Waals surface area (Å²) in [6, 6.07) is 8.39. The van der Waals surface area contributed by atoms with Gasteiger partial charge in [0, 0.05) is 11.5 Å². The molecule has 108 valence electrons. The van der Waals surface area contributed by atoms with Crippen molar-refractivity contribution in [2.24, 2.45) is 5.73 Å². The van der Waals surface area contributed by atoms with Crippen molar-refractivity contribution in [2.45, 2.75) is 13.0 Å². The van der Waals surface area contributed by atoms with Gasteiger partial charge in [0.1, 0.15) is 11.8 Å². The molecular weight excluding hydrogens is 276 g/mol. The van der Waals surface area contributed by atoms with E-state index in [1.54, 1.807) is 31.2 Å². The second-order valence-corrected chi connectivity index (χ2v) is 5.07. The van der Waals surface area contributed by atoms with Gasteiger partial charge in [0.15, 0.2) is 0 Å². The molecule has 1 unspecified atom stereocenters. The number of thioether (sulfide) groups is 1. The number of esters is 1. The van der Waals surface area contributed by atoms with E-state index >= 15 is 0 Å². The monoisotopic (exact) mass is 294 g/mol. The summed E-state index contributed by atoms with van der Waals surface area (Å²) in [5, 5.41) is 8.67. The molecule has 0 saturated carbocycles. The van der Waals surface area contributed by atoms with Crippen LogP contribution >= 0.6 is 11.8 Å². The van der Waals surface area contributed by atoms with E-state index in [4.69, 9.17) is 20.5 Å². The van der Waals surface area contributed by atoms with Gasteiger partial charge in [0.25, 0.3) is 0 Å². The molecule has 1 aromatic rings. The molecule has 0 aromatic heterocycles. The third kappa shape index (κ3) is 5.95. The Hall–Kier alpha value is -1.71. The number of hydrogen-bond acceptors (Lipinski definition) is 6. The summed E-state index contributed by atoms with van der Waals surface area (Å²) >= 11 is 1.54. The Bertz CT molecular complexity index is 456. The molecule has 0 heterocycles. The third-order valence-electron chi connectivity index (χ3n) is 2.37. The number of nitrogens with two attached hydrogens (primary N) is 1. The normalized spacial score (nSPS) is 11.4. The van der Waals surface area contributed by atoms with E-state index in [1.165, 1.54) is 11.8 Å². The molecular formula is C14H18N2O3S. The number of carbonyl (C=O) groups is 1. The average Bonchev–Trinajstić information content (AvgIpc) is 2.47. The summed E-state index contributed by atoms with van der Waals surface area (Å²) in [5.74, 6) is 1.59. The van der Waals surface area contributed by atoms with Crippen LogP contribution in [-0.4, -0.2) is 36.7 Å². The van der Waals surface area contributed by atoms with Crippen LogP contribution in [0.25, 0.3) is 0 Å². The molecule has 20 heavy (non-hydrogen) atoms. The van der Waals surface area contributed by atoms with E-state index in [0.29, 0.717) is 24.5 Å². The van der Waals surface area contributed by atoms with Crippen LogP contribution in [0, 0.1) is 11.3 Å². The summed E-state index contributed by atoms with van der Waals surface area (Å²) < 4.78 is 10.3. The number of hydrogen-bond donors (Lipinski definition) is 1. The second-order valence-electron chi connectivity index (χ2n) is 3.92. The largest absolute Gasteiger partial charge is 0.493 e. The topological polar surface area (TPSA) is 85.3 Å². The molecule has 0 amide bonds. The Morgan fingerprint density at radius 2 is 2.15 bits per heavy atom. The minimum Gasteiger partial charge on any atom is -0.493 e. The Morgan fingerprint density at radius 3 is 2.75 bits per heavy atom. The lowest BCUT2D eigenvalue weighted by molar-refractivity contribution is -0.144. The number of rotatable bonds is 8. The van der Waals surface area contributed by atoms with Crippen LogP contribution in [0.1, 0.15) is 12.5 Å². The van der Waals surface area contributed by atoms with Crippen LogP contribution in [0.5, 0.6) is 5.75 Å². The maximum absolute atomic E-state index is 11.3. The quantitative estimate of drug-likeness (QED) is 0.578. The lowest BCUT2D eigenvalue weighted by Crippen LogP contribution is -2.34. The van der Waals surface area contributed by atoms with Gasteiger partial charge in [0.2, 0.25) is 0 Å². The number of ether oxygens (including phenoxy) is 2. The first-order chi connectivity index (χ1) is 9.67. The predicted molar refractivity (Wildman–Crippen MR) is 78.6 cm³/mol. The summed E-state index contributed by atoms with van der Waals surface area (Å²) in [6.45, 7) is 2.62. The van der Waals surface area contributed by atoms with E-state index < -0.39 is 6.04 Å². The molecule has 2 N–H and O–H groups in total.